The van der Waals surface area contributed by atoms with Crippen LogP contribution in [-0.2, 0) is 4.79 Å². The van der Waals surface area contributed by atoms with Gasteiger partial charge in [0.05, 0.1) is 27.0 Å². The number of anilines is 1. The number of hydrogen-bond acceptors (Lipinski definition) is 4. The van der Waals surface area contributed by atoms with Gasteiger partial charge in [0.1, 0.15) is 0 Å². The Hall–Kier alpha value is -2.40. The van der Waals surface area contributed by atoms with Gasteiger partial charge in [-0.25, -0.2) is 0 Å². The first-order valence-electron chi connectivity index (χ1n) is 7.47. The molecule has 2 aromatic carbocycles. The van der Waals surface area contributed by atoms with E-state index in [4.69, 9.17) is 25.8 Å². The van der Waals surface area contributed by atoms with Crippen LogP contribution in [0.25, 0.3) is 0 Å². The van der Waals surface area contributed by atoms with Crippen LogP contribution in [0.5, 0.6) is 17.2 Å². The van der Waals surface area contributed by atoms with Gasteiger partial charge in [0.15, 0.2) is 11.5 Å². The van der Waals surface area contributed by atoms with E-state index in [2.05, 4.69) is 5.32 Å². The number of hydrogen-bond donors (Lipinski definition) is 1. The van der Waals surface area contributed by atoms with E-state index in [-0.39, 0.29) is 11.8 Å². The second kappa shape index (κ2) is 6.61. The number of carbonyl (C=O) groups is 1. The smallest absolute Gasteiger partial charge is 0.225 e. The van der Waals surface area contributed by atoms with Crippen molar-refractivity contribution in [3.63, 3.8) is 0 Å². The molecular weight excluding hydrogens is 330 g/mol. The molecule has 5 nitrogen and oxygen atoms in total. The molecule has 1 N–H and O–H groups in total. The first kappa shape index (κ1) is 16.5. The predicted molar refractivity (Wildman–Crippen MR) is 92.6 cm³/mol. The lowest BCUT2D eigenvalue weighted by Gasteiger charge is -2.29. The molecule has 0 spiro atoms. The summed E-state index contributed by atoms with van der Waals surface area (Å²) in [6, 6.07) is 9.25. The second-order valence-corrected chi connectivity index (χ2v) is 5.90. The van der Waals surface area contributed by atoms with E-state index < -0.39 is 0 Å². The molecule has 0 saturated carbocycles. The predicted octanol–water partition coefficient (Wildman–Crippen LogP) is 3.84. The third-order valence-corrected chi connectivity index (χ3v) is 4.37. The summed E-state index contributed by atoms with van der Waals surface area (Å²) in [5, 5.41) is 3.51. The fraction of sp³-hybridized carbons (Fsp3) is 0.278. The fourth-order valence-corrected chi connectivity index (χ4v) is 3.32. The Morgan fingerprint density at radius 1 is 1.08 bits per heavy atom. The Morgan fingerprint density at radius 3 is 2.46 bits per heavy atom. The number of rotatable bonds is 4. The summed E-state index contributed by atoms with van der Waals surface area (Å²) >= 11 is 6.13. The maximum Gasteiger partial charge on any atom is 0.225 e. The minimum Gasteiger partial charge on any atom is -0.493 e. The van der Waals surface area contributed by atoms with E-state index in [0.717, 1.165) is 11.1 Å². The summed E-state index contributed by atoms with van der Waals surface area (Å²) in [5.41, 5.74) is 2.46. The van der Waals surface area contributed by atoms with Gasteiger partial charge < -0.3 is 19.5 Å². The molecule has 1 aliphatic heterocycles. The zero-order chi connectivity index (χ0) is 17.3. The molecule has 0 unspecified atom stereocenters. The second-order valence-electron chi connectivity index (χ2n) is 5.47. The molecule has 0 fully saturated rings. The number of methoxy groups -OCH3 is 3. The van der Waals surface area contributed by atoms with Gasteiger partial charge in [-0.15, -0.1) is 0 Å². The lowest BCUT2D eigenvalue weighted by molar-refractivity contribution is -0.116. The third kappa shape index (κ3) is 2.76. The SMILES string of the molecule is COc1cc2c(c(OC)c1OC)[C@@H](c1cccc(Cl)c1)CC(=O)N2. The van der Waals surface area contributed by atoms with Crippen molar-refractivity contribution in [3.05, 3.63) is 46.5 Å². The third-order valence-electron chi connectivity index (χ3n) is 4.13. The van der Waals surface area contributed by atoms with Crippen molar-refractivity contribution in [2.75, 3.05) is 26.6 Å². The quantitative estimate of drug-likeness (QED) is 0.913. The molecule has 2 aromatic rings. The number of nitrogens with one attached hydrogen (secondary N) is 1. The molecule has 3 rings (SSSR count). The molecule has 1 heterocycles. The van der Waals surface area contributed by atoms with Gasteiger partial charge in [-0.1, -0.05) is 23.7 Å². The highest BCUT2D eigenvalue weighted by Crippen LogP contribution is 2.51. The van der Waals surface area contributed by atoms with Crippen LogP contribution in [0.2, 0.25) is 5.02 Å². The Morgan fingerprint density at radius 2 is 1.83 bits per heavy atom. The molecular formula is C18H18ClNO4. The standard InChI is InChI=1S/C18H18ClNO4/c1-22-14-9-13-16(18(24-3)17(14)23-2)12(8-15(21)20-13)10-5-4-6-11(19)7-10/h4-7,9,12H,8H2,1-3H3,(H,20,21)/t12-/m1/s1. The Labute approximate surface area is 145 Å². The first-order valence-corrected chi connectivity index (χ1v) is 7.85. The Balaban J connectivity index is 2.25. The summed E-state index contributed by atoms with van der Waals surface area (Å²) in [6.07, 6.45) is 0.305. The monoisotopic (exact) mass is 347 g/mol. The van der Waals surface area contributed by atoms with Gasteiger partial charge in [0.25, 0.3) is 0 Å². The molecule has 126 valence electrons. The number of benzene rings is 2. The van der Waals surface area contributed by atoms with Crippen molar-refractivity contribution in [2.45, 2.75) is 12.3 Å². The molecule has 1 atom stereocenters. The molecule has 24 heavy (non-hydrogen) atoms. The molecule has 0 aliphatic carbocycles. The normalized spacial score (nSPS) is 16.2. The van der Waals surface area contributed by atoms with Gasteiger partial charge in [-0.2, -0.15) is 0 Å². The average molecular weight is 348 g/mol. The van der Waals surface area contributed by atoms with E-state index >= 15 is 0 Å². The maximum atomic E-state index is 12.2. The molecule has 1 amide bonds. The lowest BCUT2D eigenvalue weighted by atomic mass is 9.84. The molecule has 1 aliphatic rings. The van der Waals surface area contributed by atoms with E-state index in [1.165, 1.54) is 0 Å². The van der Waals surface area contributed by atoms with E-state index in [9.17, 15) is 4.79 Å². The highest BCUT2D eigenvalue weighted by atomic mass is 35.5. The highest BCUT2D eigenvalue weighted by Gasteiger charge is 2.33. The van der Waals surface area contributed by atoms with Crippen LogP contribution >= 0.6 is 11.6 Å². The molecule has 6 heteroatoms. The summed E-state index contributed by atoms with van der Waals surface area (Å²) in [7, 11) is 4.67. The molecule has 0 bridgehead atoms. The van der Waals surface area contributed by atoms with Crippen LogP contribution < -0.4 is 19.5 Å². The molecule has 0 aromatic heterocycles. The van der Waals surface area contributed by atoms with Crippen LogP contribution in [0.15, 0.2) is 30.3 Å². The lowest BCUT2D eigenvalue weighted by Crippen LogP contribution is -2.24. The minimum absolute atomic E-state index is 0.0678. The maximum absolute atomic E-state index is 12.2. The Bertz CT molecular complexity index is 791. The molecule has 0 saturated heterocycles. The van der Waals surface area contributed by atoms with Crippen LogP contribution in [0.4, 0.5) is 5.69 Å². The van der Waals surface area contributed by atoms with Crippen LogP contribution in [0.1, 0.15) is 23.5 Å². The van der Waals surface area contributed by atoms with Gasteiger partial charge in [-0.05, 0) is 17.7 Å². The summed E-state index contributed by atoms with van der Waals surface area (Å²) in [6.45, 7) is 0. The number of fused-ring (bicyclic) bond motifs is 1. The summed E-state index contributed by atoms with van der Waals surface area (Å²) in [4.78, 5) is 12.2. The average Bonchev–Trinajstić information content (AvgIpc) is 2.59. The van der Waals surface area contributed by atoms with Crippen molar-refractivity contribution >= 4 is 23.2 Å². The van der Waals surface area contributed by atoms with Gasteiger partial charge >= 0.3 is 0 Å². The highest BCUT2D eigenvalue weighted by molar-refractivity contribution is 6.30. The van der Waals surface area contributed by atoms with Gasteiger partial charge in [0, 0.05) is 29.0 Å². The van der Waals surface area contributed by atoms with Crippen LogP contribution in [0, 0.1) is 0 Å². The van der Waals surface area contributed by atoms with E-state index in [0.29, 0.717) is 34.4 Å². The van der Waals surface area contributed by atoms with Gasteiger partial charge in [0.2, 0.25) is 11.7 Å². The summed E-state index contributed by atoms with van der Waals surface area (Å²) < 4.78 is 16.4. The van der Waals surface area contributed by atoms with Crippen molar-refractivity contribution < 1.29 is 19.0 Å². The number of ether oxygens (including phenoxy) is 3. The first-order chi connectivity index (χ1) is 11.6. The number of halogens is 1. The molecule has 0 radical (unpaired) electrons. The van der Waals surface area contributed by atoms with Crippen molar-refractivity contribution in [1.29, 1.82) is 0 Å². The summed E-state index contributed by atoms with van der Waals surface area (Å²) in [5.74, 6) is 1.31. The zero-order valence-electron chi connectivity index (χ0n) is 13.7. The van der Waals surface area contributed by atoms with Crippen molar-refractivity contribution in [1.82, 2.24) is 0 Å². The Kier molecular flexibility index (Phi) is 4.53. The van der Waals surface area contributed by atoms with Gasteiger partial charge in [-0.3, -0.25) is 4.79 Å². The minimum atomic E-state index is -0.179. The van der Waals surface area contributed by atoms with Crippen LogP contribution in [0.3, 0.4) is 0 Å². The fourth-order valence-electron chi connectivity index (χ4n) is 3.12. The largest absolute Gasteiger partial charge is 0.493 e. The number of amides is 1. The van der Waals surface area contributed by atoms with Crippen molar-refractivity contribution in [2.24, 2.45) is 0 Å². The topological polar surface area (TPSA) is 56.8 Å². The number of carbonyl (C=O) groups excluding carboxylic acids is 1. The van der Waals surface area contributed by atoms with E-state index in [1.807, 2.05) is 18.2 Å². The zero-order valence-corrected chi connectivity index (χ0v) is 14.4. The van der Waals surface area contributed by atoms with Crippen molar-refractivity contribution in [3.8, 4) is 17.2 Å². The van der Waals surface area contributed by atoms with E-state index in [1.54, 1.807) is 33.5 Å². The van der Waals surface area contributed by atoms with Crippen LogP contribution in [-0.4, -0.2) is 27.2 Å².